The minimum absolute atomic E-state index is 0.0139. The minimum atomic E-state index is -0.203. The number of hydrogen-bond acceptors (Lipinski definition) is 5. The number of likely N-dealkylation sites (N-methyl/N-ethyl adjacent to an activating group) is 1. The molecule has 1 atom stereocenters. The number of fused-ring (bicyclic) bond motifs is 1. The molecule has 5 rings (SSSR count). The summed E-state index contributed by atoms with van der Waals surface area (Å²) >= 11 is 1.45. The molecule has 2 aromatic carbocycles. The summed E-state index contributed by atoms with van der Waals surface area (Å²) in [5.41, 5.74) is 1.88. The summed E-state index contributed by atoms with van der Waals surface area (Å²) in [5.74, 6) is 1.75. The fourth-order valence-electron chi connectivity index (χ4n) is 5.17. The summed E-state index contributed by atoms with van der Waals surface area (Å²) < 4.78 is 25.9. The van der Waals surface area contributed by atoms with Crippen molar-refractivity contribution in [2.24, 2.45) is 5.92 Å². The molecule has 0 radical (unpaired) electrons. The lowest BCUT2D eigenvalue weighted by molar-refractivity contribution is 0.0587. The van der Waals surface area contributed by atoms with E-state index in [2.05, 4.69) is 17.0 Å². The van der Waals surface area contributed by atoms with Crippen LogP contribution >= 0.6 is 11.3 Å². The van der Waals surface area contributed by atoms with Crippen LogP contribution in [0.2, 0.25) is 0 Å². The maximum absolute atomic E-state index is 14.6. The second-order valence-corrected chi connectivity index (χ2v) is 10.3. The van der Waals surface area contributed by atoms with Gasteiger partial charge in [-0.2, -0.15) is 0 Å². The number of nitrogens with zero attached hydrogens (tertiary/aromatic N) is 2. The van der Waals surface area contributed by atoms with Gasteiger partial charge in [0.1, 0.15) is 19.0 Å². The highest BCUT2D eigenvalue weighted by atomic mass is 32.1. The van der Waals surface area contributed by atoms with Gasteiger partial charge >= 0.3 is 0 Å². The second-order valence-electron chi connectivity index (χ2n) is 9.35. The van der Waals surface area contributed by atoms with E-state index in [4.69, 9.17) is 9.47 Å². The lowest BCUT2D eigenvalue weighted by atomic mass is 9.84. The van der Waals surface area contributed by atoms with Gasteiger partial charge in [0.25, 0.3) is 5.91 Å². The second kappa shape index (κ2) is 10.8. The molecule has 1 aromatic heterocycles. The number of halogens is 1. The first-order chi connectivity index (χ1) is 17.1. The number of benzene rings is 2. The van der Waals surface area contributed by atoms with Gasteiger partial charge in [0, 0.05) is 19.6 Å². The number of carbonyl (C=O) groups excluding carboxylic acids is 1. The number of likely N-dealkylation sites (tertiary alicyclic amines) is 1. The van der Waals surface area contributed by atoms with Gasteiger partial charge in [-0.15, -0.1) is 11.3 Å². The molecule has 3 heterocycles. The highest BCUT2D eigenvalue weighted by Gasteiger charge is 2.33. The van der Waals surface area contributed by atoms with Gasteiger partial charge in [-0.1, -0.05) is 30.3 Å². The van der Waals surface area contributed by atoms with Crippen LogP contribution in [0.3, 0.4) is 0 Å². The standard InChI is InChI=1S/C28H31FN2O3S/c1-30(28(32)27-7-4-16-35-27)24(18-22-5-2-3-6-23(22)29)21-10-12-31(13-11-21)19-20-8-9-25-26(17-20)34-15-14-33-25/h2-9,16-17,21,24H,10-15,18-19H2,1H3/t24-/m0/s1. The van der Waals surface area contributed by atoms with Crippen LogP contribution < -0.4 is 9.47 Å². The normalized spacial score (nSPS) is 17.2. The summed E-state index contributed by atoms with van der Waals surface area (Å²) in [6.45, 7) is 3.91. The molecule has 0 bridgehead atoms. The van der Waals surface area contributed by atoms with Crippen LogP contribution in [0.15, 0.2) is 60.0 Å². The topological polar surface area (TPSA) is 42.0 Å². The third-order valence-electron chi connectivity index (χ3n) is 7.13. The quantitative estimate of drug-likeness (QED) is 0.450. The average molecular weight is 495 g/mol. The molecule has 35 heavy (non-hydrogen) atoms. The molecule has 184 valence electrons. The zero-order valence-corrected chi connectivity index (χ0v) is 20.8. The molecule has 2 aliphatic heterocycles. The molecule has 0 N–H and O–H groups in total. The van der Waals surface area contributed by atoms with Crippen molar-refractivity contribution < 1.29 is 18.7 Å². The molecule has 0 aliphatic carbocycles. The molecule has 0 saturated carbocycles. The fourth-order valence-corrected chi connectivity index (χ4v) is 5.88. The third-order valence-corrected chi connectivity index (χ3v) is 7.98. The van der Waals surface area contributed by atoms with Crippen LogP contribution in [-0.2, 0) is 13.0 Å². The lowest BCUT2D eigenvalue weighted by Gasteiger charge is -2.40. The molecule has 0 unspecified atom stereocenters. The van der Waals surface area contributed by atoms with E-state index in [-0.39, 0.29) is 17.8 Å². The molecule has 1 saturated heterocycles. The van der Waals surface area contributed by atoms with Gasteiger partial charge < -0.3 is 14.4 Å². The van der Waals surface area contributed by atoms with Crippen LogP contribution in [0.1, 0.15) is 33.6 Å². The first-order valence-corrected chi connectivity index (χ1v) is 13.1. The number of amides is 1. The number of ether oxygens (including phenoxy) is 2. The summed E-state index contributed by atoms with van der Waals surface area (Å²) in [6.07, 6.45) is 2.45. The van der Waals surface area contributed by atoms with Crippen molar-refractivity contribution in [3.8, 4) is 11.5 Å². The van der Waals surface area contributed by atoms with E-state index in [0.717, 1.165) is 48.9 Å². The van der Waals surface area contributed by atoms with Crippen molar-refractivity contribution in [3.05, 3.63) is 81.8 Å². The van der Waals surface area contributed by atoms with E-state index in [0.29, 0.717) is 31.1 Å². The molecule has 1 fully saturated rings. The van der Waals surface area contributed by atoms with Gasteiger partial charge in [-0.05, 0) is 79.0 Å². The van der Waals surface area contributed by atoms with Crippen molar-refractivity contribution in [2.75, 3.05) is 33.4 Å². The molecule has 1 amide bonds. The van der Waals surface area contributed by atoms with Crippen molar-refractivity contribution in [1.82, 2.24) is 9.80 Å². The number of piperidine rings is 1. The van der Waals surface area contributed by atoms with Crippen LogP contribution in [0.4, 0.5) is 4.39 Å². The average Bonchev–Trinajstić information content (AvgIpc) is 3.43. The van der Waals surface area contributed by atoms with Crippen molar-refractivity contribution in [3.63, 3.8) is 0 Å². The van der Waals surface area contributed by atoms with Gasteiger partial charge in [-0.3, -0.25) is 9.69 Å². The Labute approximate surface area is 210 Å². The van der Waals surface area contributed by atoms with Crippen LogP contribution in [0.25, 0.3) is 0 Å². The molecule has 2 aliphatic rings. The van der Waals surface area contributed by atoms with E-state index in [1.165, 1.54) is 23.0 Å². The Hall–Kier alpha value is -2.90. The molecule has 0 spiro atoms. The summed E-state index contributed by atoms with van der Waals surface area (Å²) in [7, 11) is 1.87. The van der Waals surface area contributed by atoms with E-state index < -0.39 is 0 Å². The smallest absolute Gasteiger partial charge is 0.263 e. The summed E-state index contributed by atoms with van der Waals surface area (Å²) in [5, 5.41) is 1.92. The van der Waals surface area contributed by atoms with Gasteiger partial charge in [-0.25, -0.2) is 4.39 Å². The molecular formula is C28H31FN2O3S. The van der Waals surface area contributed by atoms with Crippen molar-refractivity contribution in [2.45, 2.75) is 31.8 Å². The Kier molecular flexibility index (Phi) is 7.35. The van der Waals surface area contributed by atoms with E-state index >= 15 is 0 Å². The van der Waals surface area contributed by atoms with E-state index in [9.17, 15) is 9.18 Å². The predicted octanol–water partition coefficient (Wildman–Crippen LogP) is 5.25. The van der Waals surface area contributed by atoms with E-state index in [1.807, 2.05) is 47.7 Å². The zero-order chi connectivity index (χ0) is 24.2. The Morgan fingerprint density at radius 3 is 2.60 bits per heavy atom. The summed E-state index contributed by atoms with van der Waals surface area (Å²) in [4.78, 5) is 18.2. The number of thiophene rings is 1. The minimum Gasteiger partial charge on any atom is -0.486 e. The van der Waals surface area contributed by atoms with Gasteiger partial charge in [0.15, 0.2) is 11.5 Å². The van der Waals surface area contributed by atoms with Crippen molar-refractivity contribution in [1.29, 1.82) is 0 Å². The molecular weight excluding hydrogens is 463 g/mol. The zero-order valence-electron chi connectivity index (χ0n) is 20.0. The maximum Gasteiger partial charge on any atom is 0.263 e. The van der Waals surface area contributed by atoms with Crippen molar-refractivity contribution >= 4 is 17.2 Å². The lowest BCUT2D eigenvalue weighted by Crippen LogP contribution is -2.47. The first-order valence-electron chi connectivity index (χ1n) is 12.2. The SMILES string of the molecule is CN(C(=O)c1cccs1)[C@@H](Cc1ccccc1F)C1CCN(Cc2ccc3c(c2)OCCO3)CC1. The van der Waals surface area contributed by atoms with Crippen LogP contribution in [-0.4, -0.2) is 55.1 Å². The Bertz CT molecular complexity index is 1140. The predicted molar refractivity (Wildman–Crippen MR) is 136 cm³/mol. The largest absolute Gasteiger partial charge is 0.486 e. The molecule has 7 heteroatoms. The Balaban J connectivity index is 1.27. The number of rotatable bonds is 7. The Morgan fingerprint density at radius 2 is 1.86 bits per heavy atom. The highest BCUT2D eigenvalue weighted by Crippen LogP contribution is 2.33. The summed E-state index contributed by atoms with van der Waals surface area (Å²) in [6, 6.07) is 16.8. The number of hydrogen-bond donors (Lipinski definition) is 0. The van der Waals surface area contributed by atoms with Gasteiger partial charge in [0.05, 0.1) is 4.88 Å². The Morgan fingerprint density at radius 1 is 1.09 bits per heavy atom. The van der Waals surface area contributed by atoms with Crippen LogP contribution in [0.5, 0.6) is 11.5 Å². The van der Waals surface area contributed by atoms with Gasteiger partial charge in [0.2, 0.25) is 0 Å². The maximum atomic E-state index is 14.6. The first kappa shape index (κ1) is 23.8. The molecule has 3 aromatic rings. The monoisotopic (exact) mass is 494 g/mol. The highest BCUT2D eigenvalue weighted by molar-refractivity contribution is 7.12. The fraction of sp³-hybridized carbons (Fsp3) is 0.393. The third kappa shape index (κ3) is 5.52. The van der Waals surface area contributed by atoms with Crippen LogP contribution in [0, 0.1) is 11.7 Å². The number of carbonyl (C=O) groups is 1. The van der Waals surface area contributed by atoms with E-state index in [1.54, 1.807) is 6.07 Å². The molecule has 5 nitrogen and oxygen atoms in total.